The topological polar surface area (TPSA) is 88.8 Å². The quantitative estimate of drug-likeness (QED) is 0.497. The molecule has 0 saturated heterocycles. The molecule has 32 heavy (non-hydrogen) atoms. The summed E-state index contributed by atoms with van der Waals surface area (Å²) in [5.74, 6) is -1.45. The first-order chi connectivity index (χ1) is 14.9. The Balaban J connectivity index is 0.000000186. The number of aromatic amines is 1. The molecule has 3 N–H and O–H groups in total. The number of amides is 1. The van der Waals surface area contributed by atoms with Gasteiger partial charge in [0.25, 0.3) is 5.91 Å². The van der Waals surface area contributed by atoms with E-state index in [2.05, 4.69) is 9.97 Å². The molecule has 1 amide bonds. The number of rotatable bonds is 2. The largest absolute Gasteiger partial charge is 0.394 e. The number of carbonyl (C=O) groups is 1. The number of benzene rings is 1. The van der Waals surface area contributed by atoms with Gasteiger partial charge < -0.3 is 10.7 Å². The highest BCUT2D eigenvalue weighted by Gasteiger charge is 2.54. The molecule has 3 aromatic rings. The Morgan fingerprint density at radius 3 is 2.59 bits per heavy atom. The third-order valence-electron chi connectivity index (χ3n) is 5.75. The molecule has 2 aromatic heterocycles. The zero-order valence-electron chi connectivity index (χ0n) is 17.0. The van der Waals surface area contributed by atoms with Crippen molar-refractivity contribution in [2.24, 2.45) is 11.1 Å². The lowest BCUT2D eigenvalue weighted by Gasteiger charge is -2.27. The number of aromatic nitrogens is 2. The SMILES string of the molecule is C[C@]1(C(F)(F)F)CCC(c2ccc(F)c(Cl)c2)C1.NC(=O)c1nccc2[nH]ccc(=O)c12. The molecule has 2 heterocycles. The number of carbonyl (C=O) groups excluding carboxylic acids is 1. The van der Waals surface area contributed by atoms with Gasteiger partial charge in [-0.25, -0.2) is 4.39 Å². The first-order valence-corrected chi connectivity index (χ1v) is 10.1. The molecule has 1 aliphatic rings. The van der Waals surface area contributed by atoms with Crippen LogP contribution in [0.25, 0.3) is 10.9 Å². The van der Waals surface area contributed by atoms with Gasteiger partial charge in [-0.2, -0.15) is 13.2 Å². The summed E-state index contributed by atoms with van der Waals surface area (Å²) in [6.07, 6.45) is -0.647. The highest BCUT2D eigenvalue weighted by atomic mass is 35.5. The molecule has 4 rings (SSSR count). The number of halogens is 5. The van der Waals surface area contributed by atoms with Crippen molar-refractivity contribution in [1.82, 2.24) is 9.97 Å². The van der Waals surface area contributed by atoms with Crippen LogP contribution in [-0.4, -0.2) is 22.1 Å². The fourth-order valence-electron chi connectivity index (χ4n) is 3.86. The summed E-state index contributed by atoms with van der Waals surface area (Å²) in [5, 5.41) is 0.204. The van der Waals surface area contributed by atoms with E-state index >= 15 is 0 Å². The molecule has 0 aliphatic heterocycles. The van der Waals surface area contributed by atoms with Gasteiger partial charge in [0.05, 0.1) is 21.3 Å². The van der Waals surface area contributed by atoms with Crippen LogP contribution in [0.4, 0.5) is 17.6 Å². The molecule has 1 fully saturated rings. The minimum Gasteiger partial charge on any atom is -0.364 e. The van der Waals surface area contributed by atoms with Crippen LogP contribution < -0.4 is 11.2 Å². The van der Waals surface area contributed by atoms with E-state index in [1.54, 1.807) is 6.07 Å². The predicted octanol–water partition coefficient (Wildman–Crippen LogP) is 5.34. The second-order valence-electron chi connectivity index (χ2n) is 7.96. The number of hydrogen-bond donors (Lipinski definition) is 2. The average Bonchev–Trinajstić information content (AvgIpc) is 3.14. The summed E-state index contributed by atoms with van der Waals surface area (Å²) in [4.78, 5) is 29.0. The van der Waals surface area contributed by atoms with Gasteiger partial charge in [0.15, 0.2) is 5.43 Å². The highest BCUT2D eigenvalue weighted by Crippen LogP contribution is 2.55. The molecular weight excluding hydrogens is 450 g/mol. The number of hydrogen-bond acceptors (Lipinski definition) is 3. The number of fused-ring (bicyclic) bond motifs is 1. The van der Waals surface area contributed by atoms with Gasteiger partial charge in [-0.05, 0) is 48.9 Å². The number of primary amides is 1. The summed E-state index contributed by atoms with van der Waals surface area (Å²) < 4.78 is 51.7. The van der Waals surface area contributed by atoms with Gasteiger partial charge in [-0.15, -0.1) is 0 Å². The summed E-state index contributed by atoms with van der Waals surface area (Å²) >= 11 is 5.66. The molecule has 170 valence electrons. The first kappa shape index (κ1) is 23.7. The van der Waals surface area contributed by atoms with Crippen LogP contribution in [0.1, 0.15) is 48.2 Å². The van der Waals surface area contributed by atoms with E-state index < -0.39 is 23.3 Å². The van der Waals surface area contributed by atoms with Gasteiger partial charge in [0, 0.05) is 18.5 Å². The van der Waals surface area contributed by atoms with Crippen LogP contribution in [0, 0.1) is 11.2 Å². The molecule has 1 aromatic carbocycles. The van der Waals surface area contributed by atoms with Crippen LogP contribution in [0.2, 0.25) is 5.02 Å². The molecule has 1 unspecified atom stereocenters. The van der Waals surface area contributed by atoms with Crippen molar-refractivity contribution in [3.63, 3.8) is 0 Å². The standard InChI is InChI=1S/C13H13ClF4.C9H7N3O2/c1-12(13(16,17)18)5-4-9(7-12)8-2-3-11(15)10(14)6-8;10-9(14)8-7-5(1-3-12-8)11-4-2-6(7)13/h2-3,6,9H,4-5,7H2,1H3;1-4H,(H2,10,14)(H,11,13)/t9?,12-;/m0./s1. The second kappa shape index (κ2) is 8.90. The number of pyridine rings is 2. The minimum absolute atomic E-state index is 0.00403. The lowest BCUT2D eigenvalue weighted by atomic mass is 9.85. The fourth-order valence-corrected chi connectivity index (χ4v) is 4.05. The Morgan fingerprint density at radius 2 is 2.00 bits per heavy atom. The summed E-state index contributed by atoms with van der Waals surface area (Å²) in [5.41, 5.74) is 4.44. The fraction of sp³-hybridized carbons (Fsp3) is 0.318. The van der Waals surface area contributed by atoms with Gasteiger partial charge in [-0.3, -0.25) is 14.6 Å². The minimum atomic E-state index is -4.19. The third-order valence-corrected chi connectivity index (χ3v) is 6.03. The van der Waals surface area contributed by atoms with E-state index in [1.165, 1.54) is 43.6 Å². The normalized spacial score (nSPS) is 20.6. The number of nitrogens with one attached hydrogen (secondary N) is 1. The Labute approximate surface area is 185 Å². The molecular formula is C22H20ClF4N3O2. The third kappa shape index (κ3) is 4.77. The molecule has 2 atom stereocenters. The van der Waals surface area contributed by atoms with E-state index in [-0.39, 0.29) is 40.3 Å². The lowest BCUT2D eigenvalue weighted by Crippen LogP contribution is -2.32. The van der Waals surface area contributed by atoms with Gasteiger partial charge in [0.2, 0.25) is 0 Å². The Morgan fingerprint density at radius 1 is 1.28 bits per heavy atom. The first-order valence-electron chi connectivity index (χ1n) is 9.71. The van der Waals surface area contributed by atoms with Crippen molar-refractivity contribution in [3.05, 3.63) is 75.0 Å². The Hall–Kier alpha value is -2.94. The number of H-pyrrole nitrogens is 1. The van der Waals surface area contributed by atoms with Gasteiger partial charge >= 0.3 is 6.18 Å². The second-order valence-corrected chi connectivity index (χ2v) is 8.37. The maximum Gasteiger partial charge on any atom is 0.394 e. The molecule has 10 heteroatoms. The van der Waals surface area contributed by atoms with E-state index in [0.717, 1.165) is 0 Å². The van der Waals surface area contributed by atoms with Crippen LogP contribution in [0.15, 0.2) is 47.5 Å². The van der Waals surface area contributed by atoms with E-state index in [0.29, 0.717) is 17.5 Å². The maximum absolute atomic E-state index is 13.0. The molecule has 0 radical (unpaired) electrons. The average molecular weight is 470 g/mol. The van der Waals surface area contributed by atoms with Crippen molar-refractivity contribution in [1.29, 1.82) is 0 Å². The van der Waals surface area contributed by atoms with Gasteiger partial charge in [-0.1, -0.05) is 24.6 Å². The van der Waals surface area contributed by atoms with Gasteiger partial charge in [0.1, 0.15) is 11.5 Å². The van der Waals surface area contributed by atoms with E-state index in [9.17, 15) is 27.2 Å². The Bertz CT molecular complexity index is 1210. The van der Waals surface area contributed by atoms with Crippen molar-refractivity contribution >= 4 is 28.4 Å². The number of nitrogens with zero attached hydrogens (tertiary/aromatic N) is 1. The van der Waals surface area contributed by atoms with E-state index in [4.69, 9.17) is 17.3 Å². The summed E-state index contributed by atoms with van der Waals surface area (Å²) in [6, 6.07) is 7.11. The van der Waals surface area contributed by atoms with Crippen LogP contribution in [-0.2, 0) is 0 Å². The smallest absolute Gasteiger partial charge is 0.364 e. The van der Waals surface area contributed by atoms with Crippen molar-refractivity contribution in [2.45, 2.75) is 38.3 Å². The zero-order chi connectivity index (χ0) is 23.7. The number of nitrogens with two attached hydrogens (primary N) is 1. The highest BCUT2D eigenvalue weighted by molar-refractivity contribution is 6.30. The predicted molar refractivity (Wildman–Crippen MR) is 113 cm³/mol. The van der Waals surface area contributed by atoms with Crippen LogP contribution >= 0.6 is 11.6 Å². The maximum atomic E-state index is 13.0. The lowest BCUT2D eigenvalue weighted by molar-refractivity contribution is -0.215. The van der Waals surface area contributed by atoms with Crippen molar-refractivity contribution in [3.8, 4) is 0 Å². The van der Waals surface area contributed by atoms with Crippen molar-refractivity contribution < 1.29 is 22.4 Å². The van der Waals surface area contributed by atoms with E-state index in [1.807, 2.05) is 0 Å². The number of alkyl halides is 3. The summed E-state index contributed by atoms with van der Waals surface area (Å²) in [7, 11) is 0. The molecule has 5 nitrogen and oxygen atoms in total. The molecule has 0 bridgehead atoms. The molecule has 0 spiro atoms. The summed E-state index contributed by atoms with van der Waals surface area (Å²) in [6.45, 7) is 1.25. The zero-order valence-corrected chi connectivity index (χ0v) is 17.7. The monoisotopic (exact) mass is 469 g/mol. The van der Waals surface area contributed by atoms with Crippen molar-refractivity contribution in [2.75, 3.05) is 0 Å². The molecule has 1 saturated carbocycles. The molecule has 1 aliphatic carbocycles. The Kier molecular flexibility index (Phi) is 6.59. The van der Waals surface area contributed by atoms with Crippen LogP contribution in [0.5, 0.6) is 0 Å². The van der Waals surface area contributed by atoms with Crippen LogP contribution in [0.3, 0.4) is 0 Å².